The Morgan fingerprint density at radius 3 is 2.15 bits per heavy atom. The second kappa shape index (κ2) is 7.18. The van der Waals surface area contributed by atoms with Crippen LogP contribution in [0.2, 0.25) is 0 Å². The molecule has 0 aliphatic heterocycles. The van der Waals surface area contributed by atoms with E-state index in [0.717, 1.165) is 0 Å². The highest BCUT2D eigenvalue weighted by molar-refractivity contribution is 5.88. The summed E-state index contributed by atoms with van der Waals surface area (Å²) in [5, 5.41) is 14.0. The van der Waals surface area contributed by atoms with E-state index in [-0.39, 0.29) is 5.69 Å². The first kappa shape index (κ1) is 17.3. The minimum Gasteiger partial charge on any atom is -0.497 e. The number of carboxylic acid groups (broad SMARTS) is 1. The van der Waals surface area contributed by atoms with E-state index in [1.807, 2.05) is 0 Å². The molecule has 3 rings (SSSR count). The van der Waals surface area contributed by atoms with Crippen LogP contribution in [0.4, 0.5) is 0 Å². The number of nitrogens with zero attached hydrogens (tertiary/aromatic N) is 2. The van der Waals surface area contributed by atoms with Gasteiger partial charge in [-0.15, -0.1) is 0 Å². The fourth-order valence-corrected chi connectivity index (χ4v) is 2.60. The highest BCUT2D eigenvalue weighted by atomic mass is 16.5. The van der Waals surface area contributed by atoms with Gasteiger partial charge in [-0.3, -0.25) is 0 Å². The van der Waals surface area contributed by atoms with Crippen molar-refractivity contribution in [3.8, 4) is 34.2 Å². The molecular weight excluding hydrogens is 336 g/mol. The molecule has 3 aromatic rings. The van der Waals surface area contributed by atoms with Gasteiger partial charge in [0.2, 0.25) is 0 Å². The number of rotatable bonds is 6. The fraction of sp³-hybridized carbons (Fsp3) is 0.158. The Bertz CT molecular complexity index is 932. The zero-order chi connectivity index (χ0) is 18.7. The van der Waals surface area contributed by atoms with Crippen molar-refractivity contribution in [1.29, 1.82) is 0 Å². The lowest BCUT2D eigenvalue weighted by atomic mass is 10.1. The molecule has 0 spiro atoms. The maximum atomic E-state index is 11.7. The van der Waals surface area contributed by atoms with E-state index in [1.54, 1.807) is 56.7 Å². The molecule has 0 radical (unpaired) electrons. The predicted molar refractivity (Wildman–Crippen MR) is 95.6 cm³/mol. The standard InChI is InChI=1S/C19H18N2O5/c1-24-13-6-4-12(5-7-13)21-17(19(22)23)11-16(20-21)15-9-8-14(25-2)10-18(15)26-3/h4-11H,1-3H3,(H,22,23). The summed E-state index contributed by atoms with van der Waals surface area (Å²) in [4.78, 5) is 11.7. The average Bonchev–Trinajstić information content (AvgIpc) is 3.13. The average molecular weight is 354 g/mol. The molecule has 7 heteroatoms. The molecule has 1 N–H and O–H groups in total. The van der Waals surface area contributed by atoms with E-state index in [1.165, 1.54) is 17.9 Å². The highest BCUT2D eigenvalue weighted by Gasteiger charge is 2.19. The third-order valence-corrected chi connectivity index (χ3v) is 3.93. The number of hydrogen-bond acceptors (Lipinski definition) is 5. The SMILES string of the molecule is COc1ccc(-n2nc(-c3ccc(OC)cc3OC)cc2C(=O)O)cc1. The van der Waals surface area contributed by atoms with Crippen molar-refractivity contribution in [2.75, 3.05) is 21.3 Å². The maximum Gasteiger partial charge on any atom is 0.354 e. The lowest BCUT2D eigenvalue weighted by Gasteiger charge is -2.08. The summed E-state index contributed by atoms with van der Waals surface area (Å²) in [6.45, 7) is 0. The van der Waals surface area contributed by atoms with Gasteiger partial charge in [-0.25, -0.2) is 9.48 Å². The van der Waals surface area contributed by atoms with E-state index >= 15 is 0 Å². The second-order valence-electron chi connectivity index (χ2n) is 5.40. The van der Waals surface area contributed by atoms with Crippen LogP contribution in [-0.4, -0.2) is 42.2 Å². The predicted octanol–water partition coefficient (Wildman–Crippen LogP) is 3.26. The second-order valence-corrected chi connectivity index (χ2v) is 5.40. The van der Waals surface area contributed by atoms with Gasteiger partial charge >= 0.3 is 5.97 Å². The zero-order valence-corrected chi connectivity index (χ0v) is 14.6. The molecule has 0 atom stereocenters. The number of hydrogen-bond donors (Lipinski definition) is 1. The molecule has 0 saturated carbocycles. The molecule has 0 fully saturated rings. The molecule has 0 saturated heterocycles. The van der Waals surface area contributed by atoms with Crippen molar-refractivity contribution in [1.82, 2.24) is 9.78 Å². The minimum atomic E-state index is -1.08. The zero-order valence-electron chi connectivity index (χ0n) is 14.6. The number of carboxylic acids is 1. The van der Waals surface area contributed by atoms with Gasteiger partial charge in [-0.2, -0.15) is 5.10 Å². The maximum absolute atomic E-state index is 11.7. The van der Waals surface area contributed by atoms with Gasteiger partial charge in [-0.1, -0.05) is 0 Å². The van der Waals surface area contributed by atoms with E-state index in [9.17, 15) is 9.90 Å². The van der Waals surface area contributed by atoms with Crippen molar-refractivity contribution in [3.05, 3.63) is 54.2 Å². The summed E-state index contributed by atoms with van der Waals surface area (Å²) < 4.78 is 17.1. The summed E-state index contributed by atoms with van der Waals surface area (Å²) in [5.74, 6) is 0.779. The van der Waals surface area contributed by atoms with E-state index in [2.05, 4.69) is 5.10 Å². The number of aromatic nitrogens is 2. The molecule has 1 heterocycles. The van der Waals surface area contributed by atoms with Crippen molar-refractivity contribution >= 4 is 5.97 Å². The van der Waals surface area contributed by atoms with Gasteiger partial charge in [0.1, 0.15) is 17.2 Å². The Morgan fingerprint density at radius 2 is 1.58 bits per heavy atom. The Kier molecular flexibility index (Phi) is 4.79. The summed E-state index contributed by atoms with van der Waals surface area (Å²) in [5.41, 5.74) is 1.81. The summed E-state index contributed by atoms with van der Waals surface area (Å²) in [7, 11) is 4.67. The number of methoxy groups -OCH3 is 3. The van der Waals surface area contributed by atoms with Gasteiger partial charge < -0.3 is 19.3 Å². The highest BCUT2D eigenvalue weighted by Crippen LogP contribution is 2.33. The Labute approximate surface area is 150 Å². The molecular formula is C19H18N2O5. The summed E-state index contributed by atoms with van der Waals surface area (Å²) in [6.07, 6.45) is 0. The van der Waals surface area contributed by atoms with Crippen molar-refractivity contribution in [2.24, 2.45) is 0 Å². The van der Waals surface area contributed by atoms with Gasteiger partial charge in [0.15, 0.2) is 5.69 Å². The first-order chi connectivity index (χ1) is 12.6. The number of aromatic carboxylic acids is 1. The molecule has 0 bridgehead atoms. The van der Waals surface area contributed by atoms with Crippen molar-refractivity contribution < 1.29 is 24.1 Å². The number of benzene rings is 2. The molecule has 0 amide bonds. The number of ether oxygens (including phenoxy) is 3. The third-order valence-electron chi connectivity index (χ3n) is 3.93. The van der Waals surface area contributed by atoms with E-state index < -0.39 is 5.97 Å². The summed E-state index contributed by atoms with van der Waals surface area (Å²) >= 11 is 0. The molecule has 1 aromatic heterocycles. The molecule has 7 nitrogen and oxygen atoms in total. The van der Waals surface area contributed by atoms with Crippen molar-refractivity contribution in [3.63, 3.8) is 0 Å². The lowest BCUT2D eigenvalue weighted by molar-refractivity contribution is 0.0687. The molecule has 0 unspecified atom stereocenters. The first-order valence-corrected chi connectivity index (χ1v) is 7.77. The molecule has 2 aromatic carbocycles. The molecule has 26 heavy (non-hydrogen) atoms. The lowest BCUT2D eigenvalue weighted by Crippen LogP contribution is -2.07. The van der Waals surface area contributed by atoms with Crippen LogP contribution in [0.1, 0.15) is 10.5 Å². The quantitative estimate of drug-likeness (QED) is 0.732. The van der Waals surface area contributed by atoms with E-state index in [0.29, 0.717) is 34.2 Å². The van der Waals surface area contributed by atoms with Crippen LogP contribution in [0.5, 0.6) is 17.2 Å². The molecule has 0 aliphatic carbocycles. The van der Waals surface area contributed by atoms with E-state index in [4.69, 9.17) is 14.2 Å². The van der Waals surface area contributed by atoms with Gasteiger partial charge in [0.05, 0.1) is 32.7 Å². The summed E-state index contributed by atoms with van der Waals surface area (Å²) in [6, 6.07) is 13.8. The number of carbonyl (C=O) groups is 1. The first-order valence-electron chi connectivity index (χ1n) is 7.77. The van der Waals surface area contributed by atoms with Crippen LogP contribution in [0.15, 0.2) is 48.5 Å². The van der Waals surface area contributed by atoms with Crippen LogP contribution >= 0.6 is 0 Å². The minimum absolute atomic E-state index is 0.0445. The monoisotopic (exact) mass is 354 g/mol. The largest absolute Gasteiger partial charge is 0.497 e. The van der Waals surface area contributed by atoms with Crippen LogP contribution in [-0.2, 0) is 0 Å². The molecule has 134 valence electrons. The van der Waals surface area contributed by atoms with Crippen molar-refractivity contribution in [2.45, 2.75) is 0 Å². The van der Waals surface area contributed by atoms with Gasteiger partial charge in [0, 0.05) is 11.6 Å². The topological polar surface area (TPSA) is 82.8 Å². The Morgan fingerprint density at radius 1 is 0.923 bits per heavy atom. The normalized spacial score (nSPS) is 10.4. The molecule has 0 aliphatic rings. The third kappa shape index (κ3) is 3.19. The van der Waals surface area contributed by atoms with Gasteiger partial charge in [-0.05, 0) is 42.5 Å². The van der Waals surface area contributed by atoms with Crippen LogP contribution in [0, 0.1) is 0 Å². The van der Waals surface area contributed by atoms with Crippen LogP contribution < -0.4 is 14.2 Å². The van der Waals surface area contributed by atoms with Gasteiger partial charge in [0.25, 0.3) is 0 Å². The van der Waals surface area contributed by atoms with Crippen LogP contribution in [0.3, 0.4) is 0 Å². The Hall–Kier alpha value is -3.48. The Balaban J connectivity index is 2.11. The smallest absolute Gasteiger partial charge is 0.354 e. The van der Waals surface area contributed by atoms with Crippen LogP contribution in [0.25, 0.3) is 16.9 Å². The fourth-order valence-electron chi connectivity index (χ4n) is 2.60.